The number of aromatic nitrogens is 2. The number of hydrogen-bond donors (Lipinski definition) is 1. The average Bonchev–Trinajstić information content (AvgIpc) is 2.56. The summed E-state index contributed by atoms with van der Waals surface area (Å²) in [7, 11) is 3.61. The molecule has 0 bridgehead atoms. The van der Waals surface area contributed by atoms with Gasteiger partial charge in [0.15, 0.2) is 0 Å². The molecule has 0 aromatic carbocycles. The molecule has 1 aromatic rings. The van der Waals surface area contributed by atoms with Gasteiger partial charge in [0.2, 0.25) is 0 Å². The molecule has 0 amide bonds. The minimum atomic E-state index is -0.0763. The number of ether oxygens (including phenoxy) is 1. The van der Waals surface area contributed by atoms with Gasteiger partial charge in [0.05, 0.1) is 22.5 Å². The minimum Gasteiger partial charge on any atom is -0.380 e. The molecule has 4 nitrogen and oxygen atoms in total. The van der Waals surface area contributed by atoms with Gasteiger partial charge in [-0.15, -0.1) is 0 Å². The van der Waals surface area contributed by atoms with Crippen LogP contribution in [0.25, 0.3) is 0 Å². The molecule has 104 valence electrons. The van der Waals surface area contributed by atoms with Crippen molar-refractivity contribution in [1.29, 1.82) is 0 Å². The topological polar surface area (TPSA) is 53.1 Å². The van der Waals surface area contributed by atoms with Crippen LogP contribution in [0.5, 0.6) is 0 Å². The van der Waals surface area contributed by atoms with E-state index in [1.807, 2.05) is 18.7 Å². The first-order chi connectivity index (χ1) is 8.42. The van der Waals surface area contributed by atoms with Crippen LogP contribution in [0, 0.1) is 5.92 Å². The summed E-state index contributed by atoms with van der Waals surface area (Å²) >= 11 is 6.32. The Bertz CT molecular complexity index is 390. The van der Waals surface area contributed by atoms with Crippen LogP contribution >= 0.6 is 11.6 Å². The molecule has 2 unspecified atom stereocenters. The third-order valence-electron chi connectivity index (χ3n) is 3.28. The molecular weight excluding hydrogens is 250 g/mol. The molecule has 1 rings (SSSR count). The van der Waals surface area contributed by atoms with Crippen molar-refractivity contribution >= 4 is 11.6 Å². The Kier molecular flexibility index (Phi) is 5.63. The van der Waals surface area contributed by atoms with E-state index < -0.39 is 0 Å². The molecule has 5 heteroatoms. The zero-order chi connectivity index (χ0) is 13.9. The number of aryl methyl sites for hydroxylation is 2. The molecule has 2 N–H and O–H groups in total. The standard InChI is InChI=1S/C13H24ClN3O/c1-6-10-12(14)11(17(4)16-10)7-9(15)13(18-5)8(2)3/h8-9,13H,6-7,15H2,1-5H3. The van der Waals surface area contributed by atoms with E-state index in [1.165, 1.54) is 0 Å². The summed E-state index contributed by atoms with van der Waals surface area (Å²) in [6.45, 7) is 6.26. The molecule has 0 saturated carbocycles. The number of hydrogen-bond acceptors (Lipinski definition) is 3. The molecule has 0 radical (unpaired) electrons. The van der Waals surface area contributed by atoms with Crippen LogP contribution in [0.15, 0.2) is 0 Å². The van der Waals surface area contributed by atoms with E-state index in [2.05, 4.69) is 18.9 Å². The first-order valence-electron chi connectivity index (χ1n) is 6.40. The van der Waals surface area contributed by atoms with E-state index >= 15 is 0 Å². The van der Waals surface area contributed by atoms with Gasteiger partial charge in [-0.2, -0.15) is 5.10 Å². The molecule has 2 atom stereocenters. The lowest BCUT2D eigenvalue weighted by atomic mass is 9.96. The second kappa shape index (κ2) is 6.55. The van der Waals surface area contributed by atoms with Gasteiger partial charge < -0.3 is 10.5 Å². The highest BCUT2D eigenvalue weighted by Crippen LogP contribution is 2.23. The molecule has 0 aliphatic heterocycles. The van der Waals surface area contributed by atoms with Gasteiger partial charge in [0.25, 0.3) is 0 Å². The quantitative estimate of drug-likeness (QED) is 0.864. The van der Waals surface area contributed by atoms with Crippen molar-refractivity contribution in [3.8, 4) is 0 Å². The van der Waals surface area contributed by atoms with Crippen molar-refractivity contribution in [3.63, 3.8) is 0 Å². The summed E-state index contributed by atoms with van der Waals surface area (Å²) in [5.74, 6) is 0.377. The first kappa shape index (κ1) is 15.5. The fraction of sp³-hybridized carbons (Fsp3) is 0.769. The monoisotopic (exact) mass is 273 g/mol. The van der Waals surface area contributed by atoms with Gasteiger partial charge in [0, 0.05) is 26.6 Å². The Hall–Kier alpha value is -0.580. The highest BCUT2D eigenvalue weighted by Gasteiger charge is 2.24. The molecule has 0 fully saturated rings. The van der Waals surface area contributed by atoms with E-state index in [-0.39, 0.29) is 12.1 Å². The fourth-order valence-electron chi connectivity index (χ4n) is 2.32. The van der Waals surface area contributed by atoms with Gasteiger partial charge >= 0.3 is 0 Å². The lowest BCUT2D eigenvalue weighted by Gasteiger charge is -2.26. The zero-order valence-electron chi connectivity index (χ0n) is 11.9. The molecule has 18 heavy (non-hydrogen) atoms. The number of halogens is 1. The lowest BCUT2D eigenvalue weighted by Crippen LogP contribution is -2.41. The Morgan fingerprint density at radius 2 is 2.06 bits per heavy atom. The molecule has 0 saturated heterocycles. The van der Waals surface area contributed by atoms with Crippen molar-refractivity contribution < 1.29 is 4.74 Å². The van der Waals surface area contributed by atoms with Crippen LogP contribution in [-0.2, 0) is 24.6 Å². The Balaban J connectivity index is 2.87. The molecular formula is C13H24ClN3O. The van der Waals surface area contributed by atoms with Gasteiger partial charge in [-0.25, -0.2) is 0 Å². The van der Waals surface area contributed by atoms with Crippen molar-refractivity contribution in [2.24, 2.45) is 18.7 Å². The fourth-order valence-corrected chi connectivity index (χ4v) is 2.69. The predicted octanol–water partition coefficient (Wildman–Crippen LogP) is 2.18. The molecule has 1 aromatic heterocycles. The molecule has 1 heterocycles. The van der Waals surface area contributed by atoms with Crippen LogP contribution in [-0.4, -0.2) is 29.0 Å². The Morgan fingerprint density at radius 3 is 2.44 bits per heavy atom. The van der Waals surface area contributed by atoms with Gasteiger partial charge in [-0.3, -0.25) is 4.68 Å². The largest absolute Gasteiger partial charge is 0.380 e. The van der Waals surface area contributed by atoms with Crippen LogP contribution in [0.2, 0.25) is 5.02 Å². The summed E-state index contributed by atoms with van der Waals surface area (Å²) in [5.41, 5.74) is 8.15. The van der Waals surface area contributed by atoms with Crippen molar-refractivity contribution in [1.82, 2.24) is 9.78 Å². The van der Waals surface area contributed by atoms with E-state index in [9.17, 15) is 0 Å². The van der Waals surface area contributed by atoms with E-state index in [0.29, 0.717) is 12.3 Å². The number of nitrogens with two attached hydrogens (primary N) is 1. The summed E-state index contributed by atoms with van der Waals surface area (Å²) in [6.07, 6.45) is 1.54. The summed E-state index contributed by atoms with van der Waals surface area (Å²) in [6, 6.07) is -0.0763. The molecule has 0 aliphatic rings. The van der Waals surface area contributed by atoms with Gasteiger partial charge in [0.1, 0.15) is 0 Å². The summed E-state index contributed by atoms with van der Waals surface area (Å²) in [5, 5.41) is 5.14. The van der Waals surface area contributed by atoms with Crippen molar-refractivity contribution in [2.75, 3.05) is 7.11 Å². The SMILES string of the molecule is CCc1nn(C)c(CC(N)C(OC)C(C)C)c1Cl. The summed E-state index contributed by atoms with van der Waals surface area (Å²) in [4.78, 5) is 0. The Labute approximate surface area is 114 Å². The maximum Gasteiger partial charge on any atom is 0.0850 e. The van der Waals surface area contributed by atoms with Crippen molar-refractivity contribution in [2.45, 2.75) is 45.8 Å². The van der Waals surface area contributed by atoms with Crippen LogP contribution < -0.4 is 5.73 Å². The molecule has 0 spiro atoms. The van der Waals surface area contributed by atoms with E-state index in [1.54, 1.807) is 7.11 Å². The highest BCUT2D eigenvalue weighted by atomic mass is 35.5. The minimum absolute atomic E-state index is 0.0287. The number of methoxy groups -OCH3 is 1. The van der Waals surface area contributed by atoms with E-state index in [4.69, 9.17) is 22.1 Å². The van der Waals surface area contributed by atoms with Gasteiger partial charge in [-0.1, -0.05) is 32.4 Å². The van der Waals surface area contributed by atoms with Gasteiger partial charge in [-0.05, 0) is 12.3 Å². The zero-order valence-corrected chi connectivity index (χ0v) is 12.7. The second-order valence-electron chi connectivity index (χ2n) is 5.00. The van der Waals surface area contributed by atoms with Crippen LogP contribution in [0.4, 0.5) is 0 Å². The number of nitrogens with zero attached hydrogens (tertiary/aromatic N) is 2. The lowest BCUT2D eigenvalue weighted by molar-refractivity contribution is 0.0437. The van der Waals surface area contributed by atoms with Crippen molar-refractivity contribution in [3.05, 3.63) is 16.4 Å². The average molecular weight is 274 g/mol. The maximum atomic E-state index is 6.32. The maximum absolute atomic E-state index is 6.32. The number of rotatable bonds is 6. The highest BCUT2D eigenvalue weighted by molar-refractivity contribution is 6.31. The van der Waals surface area contributed by atoms with Crippen LogP contribution in [0.3, 0.4) is 0 Å². The predicted molar refractivity (Wildman–Crippen MR) is 74.9 cm³/mol. The normalized spacial score (nSPS) is 15.1. The molecule has 0 aliphatic carbocycles. The Morgan fingerprint density at radius 1 is 1.44 bits per heavy atom. The van der Waals surface area contributed by atoms with E-state index in [0.717, 1.165) is 22.8 Å². The third-order valence-corrected chi connectivity index (χ3v) is 3.72. The summed E-state index contributed by atoms with van der Waals surface area (Å²) < 4.78 is 7.29. The second-order valence-corrected chi connectivity index (χ2v) is 5.37. The smallest absolute Gasteiger partial charge is 0.0850 e. The first-order valence-corrected chi connectivity index (χ1v) is 6.78. The third kappa shape index (κ3) is 3.25. The van der Waals surface area contributed by atoms with Crippen LogP contribution in [0.1, 0.15) is 32.2 Å².